The first-order valence-corrected chi connectivity index (χ1v) is 125. The van der Waals surface area contributed by atoms with Crippen LogP contribution in [0.5, 0.6) is 0 Å². The van der Waals surface area contributed by atoms with Crippen LogP contribution in [0.3, 0.4) is 0 Å². The number of hydrogen-bond donors (Lipinski definition) is 0. The molecule has 94 heavy (non-hydrogen) atoms. The molecule has 0 heterocycles. The zero-order valence-electron chi connectivity index (χ0n) is 77.2. The molecule has 0 aromatic heterocycles. The van der Waals surface area contributed by atoms with Gasteiger partial charge in [0, 0.05) is 0 Å². The van der Waals surface area contributed by atoms with Crippen molar-refractivity contribution in [1.82, 2.24) is 0 Å². The van der Waals surface area contributed by atoms with Crippen molar-refractivity contribution in [2.24, 2.45) is 23.7 Å². The Hall–Kier alpha value is 11.7. The summed E-state index contributed by atoms with van der Waals surface area (Å²) in [6.45, 7) is 89.5. The third-order valence-electron chi connectivity index (χ3n) is 13.5. The Morgan fingerprint density at radius 3 is 0.660 bits per heavy atom. The van der Waals surface area contributed by atoms with Crippen LogP contribution in [0.1, 0.15) is 263 Å². The molecule has 0 saturated heterocycles. The molecule has 0 radical (unpaired) electrons. The Bertz CT molecular complexity index is 1170. The van der Waals surface area contributed by atoms with Crippen molar-refractivity contribution in [3.63, 3.8) is 0 Å². The SMILES string of the molecule is CC(C)[CH2][Bi]([CH3])[CH2]C(C)C.CC(C)[CH2][Sb]([CH3])[CH2]C(C)C.CC[Te]C.C[CH2][Bi]([CH3])[CH2]C.C[CH2][Sb]([CH3])[CH2]C.C[CH](C)[Bi]([CH3])[CH](C)C.C[CH](C)[Sb]([CH3])[CH](C)C.C[Te]C.C[Te]C(C)(C)C.C[Te]C(C)C.[CH3][Bi]([CH3])[CH3].[CH3][Bi]([C](C)(C)C)[C](C)(C)C.[CH3][Sb]([CH3])[CH3].[CH3][Sb]([C](C)(C)C)[C](C)(C)C. The van der Waals surface area contributed by atoms with Gasteiger partial charge in [-0.25, -0.2) is 0 Å². The second-order valence-corrected chi connectivity index (χ2v) is 151. The molecule has 0 aromatic carbocycles. The van der Waals surface area contributed by atoms with E-state index in [1.807, 2.05) is 0 Å². The van der Waals surface area contributed by atoms with Gasteiger partial charge in [-0.15, -0.1) is 0 Å². The van der Waals surface area contributed by atoms with Gasteiger partial charge in [0.25, 0.3) is 0 Å². The van der Waals surface area contributed by atoms with E-state index in [2.05, 4.69) is 354 Å². The Morgan fingerprint density at radius 1 is 0.394 bits per heavy atom. The van der Waals surface area contributed by atoms with Crippen LogP contribution < -0.4 is 0 Å². The number of rotatable bonds is 18. The first kappa shape index (κ1) is 138. The summed E-state index contributed by atoms with van der Waals surface area (Å²) in [7, 11) is 0. The minimum absolute atomic E-state index is 0.317. The maximum atomic E-state index is 2.56. The predicted molar refractivity (Wildman–Crippen MR) is 497 cm³/mol. The molecule has 0 unspecified atom stereocenters. The topological polar surface area (TPSA) is 0 Å². The average Bonchev–Trinajstić information content (AvgIpc) is 0.886. The van der Waals surface area contributed by atoms with Crippen LogP contribution >= 0.6 is 0 Å². The van der Waals surface area contributed by atoms with Crippen molar-refractivity contribution < 1.29 is 0 Å². The fourth-order valence-corrected chi connectivity index (χ4v) is 48.7. The van der Waals surface area contributed by atoms with Gasteiger partial charge in [0.2, 0.25) is 0 Å². The van der Waals surface area contributed by atoms with E-state index in [0.29, 0.717) is 100 Å². The van der Waals surface area contributed by atoms with Crippen molar-refractivity contribution in [1.29, 1.82) is 0 Å². The van der Waals surface area contributed by atoms with Crippen LogP contribution in [0.15, 0.2) is 0 Å². The second-order valence-electron chi connectivity index (χ2n) is 33.8. The van der Waals surface area contributed by atoms with Gasteiger partial charge in [0.15, 0.2) is 0 Å². The zero-order chi connectivity index (χ0) is 79.7. The molecule has 0 N–H and O–H groups in total. The standard InChI is InChI=1S/C5H12Te.C4H10Te.8C4H9.C3H8Te.4C3H7.C2H6Te.4C2H5.14CH3.5Bi.5Sb/c1-5(2,3)6-4;1-4(2)5-3;8*1-4(2)3;1-3-4-2;5*1-3-2;4*1-2;;;;;;;;;;;;;;;;;;;;;;;;/h1-4H3;4H,1-3H3;4*1-3H3;4*4H,1H2,2-3H3;3H2,1-2H3;4*3H,1-2H3;1-2H3;4*1H2,2H3;14*1H3;;;;;;;;;;. The van der Waals surface area contributed by atoms with Crippen LogP contribution in [0.25, 0.3) is 0 Å². The second kappa shape index (κ2) is 90.2. The monoisotopic (exact) mass is 3330 g/mol. The third kappa shape index (κ3) is 164. The fourth-order valence-electron chi connectivity index (χ4n) is 6.29. The molecule has 14 heteroatoms. The first-order chi connectivity index (χ1) is 41.7. The van der Waals surface area contributed by atoms with E-state index in [0.717, 1.165) is 42.6 Å². The molecular weight excluding hydrogens is 3120 g/mol. The summed E-state index contributed by atoms with van der Waals surface area (Å²) >= 11 is -6.02. The molecular formula is C80H198Bi5Sb5Te4. The summed E-state index contributed by atoms with van der Waals surface area (Å²) in [5.41, 5.74) is 0. The van der Waals surface area contributed by atoms with Crippen molar-refractivity contribution in [3.05, 3.63) is 0 Å². The van der Waals surface area contributed by atoms with Gasteiger partial charge in [-0.05, 0) is 0 Å². The molecule has 592 valence electrons. The van der Waals surface area contributed by atoms with Crippen molar-refractivity contribution in [3.8, 4) is 0 Å². The van der Waals surface area contributed by atoms with Crippen LogP contribution in [0.4, 0.5) is 0 Å². The Morgan fingerprint density at radius 2 is 0.617 bits per heavy atom. The summed E-state index contributed by atoms with van der Waals surface area (Å²) in [5.74, 6) is 3.82. The van der Waals surface area contributed by atoms with Gasteiger partial charge in [0.1, 0.15) is 0 Å². The minimum atomic E-state index is -1.21. The molecule has 0 aliphatic rings. The number of hydrogen-bond acceptors (Lipinski definition) is 0. The molecule has 0 aromatic rings. The van der Waals surface area contributed by atoms with Gasteiger partial charge in [-0.1, -0.05) is 0 Å². The van der Waals surface area contributed by atoms with E-state index in [1.165, 1.54) is 21.5 Å². The van der Waals surface area contributed by atoms with E-state index >= 15 is 0 Å². The summed E-state index contributed by atoms with van der Waals surface area (Å²) in [5, 5.41) is 0. The molecule has 0 saturated carbocycles. The first-order valence-electron chi connectivity index (χ1n) is 36.5. The molecule has 0 aliphatic carbocycles. The van der Waals surface area contributed by atoms with Crippen LogP contribution in [-0.4, -0.2) is 293 Å². The summed E-state index contributed by atoms with van der Waals surface area (Å²) in [6, 6.07) is 0. The molecule has 0 rings (SSSR count). The van der Waals surface area contributed by atoms with Gasteiger partial charge >= 0.3 is 745 Å². The molecule has 0 nitrogen and oxygen atoms in total. The van der Waals surface area contributed by atoms with Gasteiger partial charge < -0.3 is 0 Å². The van der Waals surface area contributed by atoms with Crippen molar-refractivity contribution in [2.45, 2.75) is 428 Å². The average molecular weight is 3320 g/mol. The van der Waals surface area contributed by atoms with E-state index in [-0.39, 0.29) is 0 Å². The molecule has 0 atom stereocenters. The predicted octanol–water partition coefficient (Wildman–Crippen LogP) is 32.7. The van der Waals surface area contributed by atoms with Gasteiger partial charge in [-0.2, -0.15) is 0 Å². The van der Waals surface area contributed by atoms with Crippen molar-refractivity contribution in [2.75, 3.05) is 0 Å². The molecule has 0 fully saturated rings. The summed E-state index contributed by atoms with van der Waals surface area (Å²) in [6.07, 6.45) is 0. The fraction of sp³-hybridized carbons (Fsp3) is 1.00. The van der Waals surface area contributed by atoms with E-state index in [4.69, 9.17) is 0 Å². The van der Waals surface area contributed by atoms with Crippen LogP contribution in [-0.2, 0) is 0 Å². The normalized spacial score (nSPS) is 11.5. The summed E-state index contributed by atoms with van der Waals surface area (Å²) in [4.78, 5) is 28.6. The molecule has 0 spiro atoms. The van der Waals surface area contributed by atoms with Crippen molar-refractivity contribution >= 4 is 293 Å². The maximum absolute atomic E-state index is 2.56. The Labute approximate surface area is 730 Å². The zero-order valence-corrected chi connectivity index (χ0v) is 117. The quantitative estimate of drug-likeness (QED) is 0.120. The Kier molecular flexibility index (Phi) is 132. The third-order valence-corrected chi connectivity index (χ3v) is 103. The van der Waals surface area contributed by atoms with Crippen LogP contribution in [0, 0.1) is 23.7 Å². The molecule has 0 amide bonds. The van der Waals surface area contributed by atoms with Gasteiger partial charge in [0.05, 0.1) is 0 Å². The molecule has 0 aliphatic heterocycles. The van der Waals surface area contributed by atoms with Crippen LogP contribution in [0.2, 0.25) is 165 Å². The van der Waals surface area contributed by atoms with E-state index in [1.54, 1.807) is 17.0 Å². The van der Waals surface area contributed by atoms with E-state index < -0.39 is 210 Å². The molecule has 0 bridgehead atoms. The summed E-state index contributed by atoms with van der Waals surface area (Å²) < 4.78 is 39.5. The van der Waals surface area contributed by atoms with Gasteiger partial charge in [-0.3, -0.25) is 0 Å². The Balaban J connectivity index is -0.0000000619. The van der Waals surface area contributed by atoms with E-state index in [9.17, 15) is 0 Å².